The summed E-state index contributed by atoms with van der Waals surface area (Å²) < 4.78 is 108. The van der Waals surface area contributed by atoms with Crippen LogP contribution in [-0.4, -0.2) is 21.6 Å². The van der Waals surface area contributed by atoms with Gasteiger partial charge in [-0.1, -0.05) is 18.2 Å². The predicted octanol–water partition coefficient (Wildman–Crippen LogP) is 4.08. The van der Waals surface area contributed by atoms with Crippen LogP contribution in [0.15, 0.2) is 53.4 Å². The minimum Gasteiger partial charge on any atom is -0.492 e. The second kappa shape index (κ2) is 7.77. The molecule has 0 spiro atoms. The smallest absolute Gasteiger partial charge is 0.417 e. The van der Waals surface area contributed by atoms with Crippen molar-refractivity contribution in [1.29, 1.82) is 0 Å². The number of halogens is 6. The van der Waals surface area contributed by atoms with Gasteiger partial charge in [-0.15, -0.1) is 0 Å². The van der Waals surface area contributed by atoms with Crippen molar-refractivity contribution in [1.82, 2.24) is 4.72 Å². The summed E-state index contributed by atoms with van der Waals surface area (Å²) in [6, 6.07) is 7.55. The fourth-order valence-corrected chi connectivity index (χ4v) is 3.36. The summed E-state index contributed by atoms with van der Waals surface area (Å²) in [6.45, 7) is -0.820. The van der Waals surface area contributed by atoms with Crippen LogP contribution in [0.5, 0.6) is 5.75 Å². The molecule has 1 N–H and O–H groups in total. The average molecular weight is 413 g/mol. The molecule has 0 heterocycles. The minimum atomic E-state index is -4.86. The van der Waals surface area contributed by atoms with Gasteiger partial charge in [-0.05, 0) is 30.3 Å². The van der Waals surface area contributed by atoms with E-state index in [0.717, 1.165) is 36.4 Å². The Morgan fingerprint density at radius 2 is 1.56 bits per heavy atom. The van der Waals surface area contributed by atoms with Gasteiger partial charge in [0.1, 0.15) is 12.4 Å². The molecule has 0 aliphatic carbocycles. The zero-order valence-electron chi connectivity index (χ0n) is 13.4. The molecule has 0 unspecified atom stereocenters. The molecule has 0 saturated heterocycles. The first kappa shape index (κ1) is 21.0. The maximum Gasteiger partial charge on any atom is 0.417 e. The van der Waals surface area contributed by atoms with Crippen LogP contribution in [-0.2, 0) is 22.4 Å². The summed E-state index contributed by atoms with van der Waals surface area (Å²) in [6.07, 6.45) is -9.43. The van der Waals surface area contributed by atoms with E-state index in [0.29, 0.717) is 6.07 Å². The van der Waals surface area contributed by atoms with Crippen LogP contribution < -0.4 is 9.46 Å². The Hall–Kier alpha value is -2.27. The normalized spacial score (nSPS) is 12.8. The van der Waals surface area contributed by atoms with Crippen LogP contribution in [0.4, 0.5) is 26.3 Å². The van der Waals surface area contributed by atoms with Crippen molar-refractivity contribution < 1.29 is 39.5 Å². The zero-order valence-corrected chi connectivity index (χ0v) is 14.3. The fraction of sp³-hybridized carbons (Fsp3) is 0.250. The third kappa shape index (κ3) is 5.60. The maximum absolute atomic E-state index is 12.9. The van der Waals surface area contributed by atoms with Gasteiger partial charge in [0.05, 0.1) is 16.0 Å². The molecule has 2 aromatic rings. The number of nitrogens with one attached hydrogen (secondary N) is 1. The molecule has 2 aromatic carbocycles. The minimum absolute atomic E-state index is 0.153. The second-order valence-electron chi connectivity index (χ2n) is 5.27. The molecule has 0 radical (unpaired) electrons. The molecule has 27 heavy (non-hydrogen) atoms. The largest absolute Gasteiger partial charge is 0.492 e. The lowest BCUT2D eigenvalue weighted by Gasteiger charge is -2.14. The number of alkyl halides is 6. The molecule has 0 atom stereocenters. The van der Waals surface area contributed by atoms with Crippen molar-refractivity contribution in [2.45, 2.75) is 17.2 Å². The number of ether oxygens (including phenoxy) is 1. The maximum atomic E-state index is 12.9. The number of hydrogen-bond acceptors (Lipinski definition) is 3. The highest BCUT2D eigenvalue weighted by molar-refractivity contribution is 7.89. The molecule has 0 amide bonds. The van der Waals surface area contributed by atoms with Crippen molar-refractivity contribution >= 4 is 10.0 Å². The molecule has 148 valence electrons. The van der Waals surface area contributed by atoms with E-state index in [4.69, 9.17) is 4.74 Å². The lowest BCUT2D eigenvalue weighted by atomic mass is 10.2. The molecule has 0 aliphatic rings. The van der Waals surface area contributed by atoms with Gasteiger partial charge in [0.2, 0.25) is 10.0 Å². The Morgan fingerprint density at radius 3 is 2.19 bits per heavy atom. The number of hydrogen-bond donors (Lipinski definition) is 1. The van der Waals surface area contributed by atoms with E-state index in [1.807, 2.05) is 4.72 Å². The van der Waals surface area contributed by atoms with Crippen LogP contribution in [0.25, 0.3) is 0 Å². The summed E-state index contributed by atoms with van der Waals surface area (Å²) >= 11 is 0. The van der Waals surface area contributed by atoms with Crippen molar-refractivity contribution in [2.75, 3.05) is 13.2 Å². The summed E-state index contributed by atoms with van der Waals surface area (Å²) in [5.74, 6) is -0.153. The molecular weight excluding hydrogens is 400 g/mol. The van der Waals surface area contributed by atoms with Crippen LogP contribution in [0.1, 0.15) is 11.1 Å². The van der Waals surface area contributed by atoms with Crippen molar-refractivity contribution in [3.05, 3.63) is 59.7 Å². The Balaban J connectivity index is 2.02. The van der Waals surface area contributed by atoms with E-state index in [2.05, 4.69) is 0 Å². The van der Waals surface area contributed by atoms with Gasteiger partial charge in [0.15, 0.2) is 0 Å². The predicted molar refractivity (Wildman–Crippen MR) is 83.6 cm³/mol. The van der Waals surface area contributed by atoms with E-state index < -0.39 is 44.9 Å². The molecule has 0 aromatic heterocycles. The zero-order chi connectivity index (χ0) is 20.3. The Labute approximate surface area is 150 Å². The summed E-state index contributed by atoms with van der Waals surface area (Å²) in [5, 5.41) is 0. The van der Waals surface area contributed by atoms with Crippen molar-refractivity contribution in [3.63, 3.8) is 0 Å². The first-order valence-electron chi connectivity index (χ1n) is 7.37. The van der Waals surface area contributed by atoms with E-state index >= 15 is 0 Å². The van der Waals surface area contributed by atoms with E-state index in [1.165, 1.54) is 6.07 Å². The molecule has 0 bridgehead atoms. The highest BCUT2D eigenvalue weighted by Crippen LogP contribution is 2.34. The van der Waals surface area contributed by atoms with Crippen LogP contribution in [0, 0.1) is 0 Å². The van der Waals surface area contributed by atoms with Gasteiger partial charge in [-0.3, -0.25) is 0 Å². The summed E-state index contributed by atoms with van der Waals surface area (Å²) in [7, 11) is -4.49. The first-order chi connectivity index (χ1) is 12.4. The number of rotatable bonds is 6. The molecule has 11 heteroatoms. The summed E-state index contributed by atoms with van der Waals surface area (Å²) in [4.78, 5) is -0.948. The molecule has 0 aliphatic heterocycles. The topological polar surface area (TPSA) is 55.4 Å². The number of sulfonamides is 1. The van der Waals surface area contributed by atoms with Crippen LogP contribution in [0.3, 0.4) is 0 Å². The van der Waals surface area contributed by atoms with Gasteiger partial charge in [0, 0.05) is 6.54 Å². The molecular formula is C16H13F6NO3S. The Kier molecular flexibility index (Phi) is 6.05. The van der Waals surface area contributed by atoms with Gasteiger partial charge < -0.3 is 4.74 Å². The van der Waals surface area contributed by atoms with Gasteiger partial charge in [-0.2, -0.15) is 26.3 Å². The SMILES string of the molecule is O=S(=O)(NCCOc1cccc(C(F)(F)F)c1)c1ccccc1C(F)(F)F. The quantitative estimate of drug-likeness (QED) is 0.574. The summed E-state index contributed by atoms with van der Waals surface area (Å²) in [5.41, 5.74) is -2.27. The van der Waals surface area contributed by atoms with Gasteiger partial charge >= 0.3 is 12.4 Å². The molecule has 4 nitrogen and oxygen atoms in total. The fourth-order valence-electron chi connectivity index (χ4n) is 2.12. The monoisotopic (exact) mass is 413 g/mol. The number of benzene rings is 2. The molecule has 0 fully saturated rings. The van der Waals surface area contributed by atoms with E-state index in [-0.39, 0.29) is 12.4 Å². The first-order valence-corrected chi connectivity index (χ1v) is 8.85. The van der Waals surface area contributed by atoms with Crippen LogP contribution >= 0.6 is 0 Å². The van der Waals surface area contributed by atoms with Gasteiger partial charge in [0.25, 0.3) is 0 Å². The van der Waals surface area contributed by atoms with Gasteiger partial charge in [-0.25, -0.2) is 13.1 Å². The lowest BCUT2D eigenvalue weighted by Crippen LogP contribution is -2.30. The van der Waals surface area contributed by atoms with Crippen molar-refractivity contribution in [3.8, 4) is 5.75 Å². The van der Waals surface area contributed by atoms with Crippen molar-refractivity contribution in [2.24, 2.45) is 0 Å². The lowest BCUT2D eigenvalue weighted by molar-refractivity contribution is -0.140. The van der Waals surface area contributed by atoms with E-state index in [9.17, 15) is 34.8 Å². The second-order valence-corrected chi connectivity index (χ2v) is 7.00. The third-order valence-electron chi connectivity index (χ3n) is 3.31. The molecule has 2 rings (SSSR count). The Bertz CT molecular complexity index is 894. The molecule has 0 saturated carbocycles. The van der Waals surface area contributed by atoms with E-state index in [1.54, 1.807) is 0 Å². The van der Waals surface area contributed by atoms with Crippen LogP contribution in [0.2, 0.25) is 0 Å². The Morgan fingerprint density at radius 1 is 0.889 bits per heavy atom. The standard InChI is InChI=1S/C16H13F6NO3S/c17-15(18,19)11-4-3-5-12(10-11)26-9-8-23-27(24,25)14-7-2-1-6-13(14)16(20,21)22/h1-7,10,23H,8-9H2. The highest BCUT2D eigenvalue weighted by Gasteiger charge is 2.36. The highest BCUT2D eigenvalue weighted by atomic mass is 32.2. The average Bonchev–Trinajstić information content (AvgIpc) is 2.57. The third-order valence-corrected chi connectivity index (χ3v) is 4.83.